The molecule has 0 spiro atoms. The Balaban J connectivity index is 1.52. The highest BCUT2D eigenvalue weighted by atomic mass is 16.8. The normalized spacial score (nSPS) is 26.0. The smallest absolute Gasteiger partial charge is 0.328 e. The minimum absolute atomic E-state index is 0.164. The van der Waals surface area contributed by atoms with E-state index in [1.54, 1.807) is 25.5 Å². The third-order valence-electron chi connectivity index (χ3n) is 6.28. The quantitative estimate of drug-likeness (QED) is 0.639. The summed E-state index contributed by atoms with van der Waals surface area (Å²) < 4.78 is 21.5. The van der Waals surface area contributed by atoms with E-state index in [1.807, 2.05) is 26.8 Å². The molecule has 0 aromatic carbocycles. The molecule has 0 bridgehead atoms. The number of carbonyl (C=O) groups is 1. The molecule has 0 radical (unpaired) electrons. The Kier molecular flexibility index (Phi) is 6.54. The molecule has 34 heavy (non-hydrogen) atoms. The molecule has 186 valence electrons. The third kappa shape index (κ3) is 4.59. The van der Waals surface area contributed by atoms with Crippen LogP contribution in [0, 0.1) is 6.92 Å². The molecule has 0 saturated carbocycles. The van der Waals surface area contributed by atoms with Crippen molar-refractivity contribution in [2.45, 2.75) is 84.1 Å². The molecule has 2 aromatic heterocycles. The van der Waals surface area contributed by atoms with E-state index in [9.17, 15) is 14.4 Å². The lowest BCUT2D eigenvalue weighted by Gasteiger charge is -2.37. The van der Waals surface area contributed by atoms with Crippen molar-refractivity contribution >= 4 is 5.91 Å². The van der Waals surface area contributed by atoms with Crippen molar-refractivity contribution in [2.24, 2.45) is 0 Å². The number of amides is 1. The number of carbonyl (C=O) groups excluding carboxylic acids is 1. The standard InChI is InChI=1S/C23H33N5O6/c1-7-28-15(8-14(26-28)12(2)3)21(30)24-9-17-19-18(33-23(5,6)34-19)16(11-32-17)27-10-13(4)20(29)25-22(27)31/h8,10,12,16-19H,7,9,11H2,1-6H3,(H,24,30)(H,25,29,31)/t16-,17-,18+,19-/m1/s1. The first-order chi connectivity index (χ1) is 16.0. The van der Waals surface area contributed by atoms with E-state index in [-0.39, 0.29) is 25.0 Å². The summed E-state index contributed by atoms with van der Waals surface area (Å²) in [4.78, 5) is 39.6. The second-order valence-electron chi connectivity index (χ2n) is 9.62. The predicted molar refractivity (Wildman–Crippen MR) is 123 cm³/mol. The molecule has 4 atom stereocenters. The highest BCUT2D eigenvalue weighted by molar-refractivity contribution is 5.92. The SMILES string of the molecule is CCn1nc(C(C)C)cc1C(=O)NC[C@H]1OC[C@@H](n2cc(C)c(=O)[nH]c2=O)[C@@H]2OC(C)(C)O[C@@H]21. The van der Waals surface area contributed by atoms with Gasteiger partial charge in [-0.3, -0.25) is 23.8 Å². The van der Waals surface area contributed by atoms with Crippen molar-refractivity contribution in [2.75, 3.05) is 13.2 Å². The molecule has 11 heteroatoms. The molecule has 11 nitrogen and oxygen atoms in total. The topological polar surface area (TPSA) is 129 Å². The number of ether oxygens (including phenoxy) is 3. The van der Waals surface area contributed by atoms with E-state index >= 15 is 0 Å². The van der Waals surface area contributed by atoms with Crippen molar-refractivity contribution in [3.05, 3.63) is 50.1 Å². The van der Waals surface area contributed by atoms with Crippen LogP contribution in [0.2, 0.25) is 0 Å². The van der Waals surface area contributed by atoms with Crippen LogP contribution in [-0.2, 0) is 20.8 Å². The largest absolute Gasteiger partial charge is 0.371 e. The molecule has 1 amide bonds. The van der Waals surface area contributed by atoms with E-state index in [0.29, 0.717) is 17.8 Å². The number of nitrogens with one attached hydrogen (secondary N) is 2. The van der Waals surface area contributed by atoms with E-state index in [4.69, 9.17) is 14.2 Å². The first-order valence-corrected chi connectivity index (χ1v) is 11.7. The van der Waals surface area contributed by atoms with Gasteiger partial charge in [-0.05, 0) is 39.7 Å². The Bertz CT molecular complexity index is 1180. The van der Waals surface area contributed by atoms with Crippen LogP contribution < -0.4 is 16.6 Å². The van der Waals surface area contributed by atoms with Gasteiger partial charge < -0.3 is 19.5 Å². The van der Waals surface area contributed by atoms with Crippen LogP contribution in [0.3, 0.4) is 0 Å². The minimum atomic E-state index is -0.891. The van der Waals surface area contributed by atoms with E-state index in [0.717, 1.165) is 5.69 Å². The number of aryl methyl sites for hydroxylation is 2. The third-order valence-corrected chi connectivity index (χ3v) is 6.28. The van der Waals surface area contributed by atoms with Crippen LogP contribution in [0.5, 0.6) is 0 Å². The zero-order valence-electron chi connectivity index (χ0n) is 20.5. The van der Waals surface area contributed by atoms with Gasteiger partial charge in [-0.15, -0.1) is 0 Å². The van der Waals surface area contributed by atoms with Crippen molar-refractivity contribution in [1.82, 2.24) is 24.6 Å². The molecule has 2 N–H and O–H groups in total. The molecule has 2 fully saturated rings. The Morgan fingerprint density at radius 2 is 2.00 bits per heavy atom. The maximum absolute atomic E-state index is 12.9. The monoisotopic (exact) mass is 475 g/mol. The van der Waals surface area contributed by atoms with Gasteiger partial charge in [0.15, 0.2) is 5.79 Å². The summed E-state index contributed by atoms with van der Waals surface area (Å²) in [6, 6.07) is 1.32. The Labute approximate surface area is 197 Å². The summed E-state index contributed by atoms with van der Waals surface area (Å²) in [6.45, 7) is 12.2. The Morgan fingerprint density at radius 1 is 1.29 bits per heavy atom. The van der Waals surface area contributed by atoms with Gasteiger partial charge in [0.2, 0.25) is 0 Å². The summed E-state index contributed by atoms with van der Waals surface area (Å²) >= 11 is 0. The molecular formula is C23H33N5O6. The summed E-state index contributed by atoms with van der Waals surface area (Å²) in [5, 5.41) is 7.45. The average molecular weight is 476 g/mol. The molecular weight excluding hydrogens is 442 g/mol. The molecule has 2 aliphatic rings. The number of nitrogens with zero attached hydrogens (tertiary/aromatic N) is 3. The first-order valence-electron chi connectivity index (χ1n) is 11.7. The summed E-state index contributed by atoms with van der Waals surface area (Å²) in [5.74, 6) is -0.920. The van der Waals surface area contributed by atoms with Crippen LogP contribution in [-0.4, -0.2) is 62.5 Å². The lowest BCUT2D eigenvalue weighted by molar-refractivity contribution is -0.153. The van der Waals surface area contributed by atoms with E-state index in [1.165, 1.54) is 10.8 Å². The van der Waals surface area contributed by atoms with Gasteiger partial charge >= 0.3 is 5.69 Å². The van der Waals surface area contributed by atoms with Gasteiger partial charge in [-0.25, -0.2) is 4.79 Å². The fraction of sp³-hybridized carbons (Fsp3) is 0.652. The van der Waals surface area contributed by atoms with Gasteiger partial charge in [0.25, 0.3) is 11.5 Å². The van der Waals surface area contributed by atoms with Gasteiger partial charge in [0, 0.05) is 24.8 Å². The van der Waals surface area contributed by atoms with Gasteiger partial charge in [0.1, 0.15) is 24.0 Å². The number of aromatic amines is 1. The minimum Gasteiger partial charge on any atom is -0.371 e. The summed E-state index contributed by atoms with van der Waals surface area (Å²) in [5.41, 5.74) is 0.815. The molecule has 2 saturated heterocycles. The molecule has 4 heterocycles. The maximum atomic E-state index is 12.9. The fourth-order valence-corrected chi connectivity index (χ4v) is 4.49. The highest BCUT2D eigenvalue weighted by Crippen LogP contribution is 2.39. The lowest BCUT2D eigenvalue weighted by Crippen LogP contribution is -2.54. The predicted octanol–water partition coefficient (Wildman–Crippen LogP) is 1.07. The van der Waals surface area contributed by atoms with Crippen LogP contribution in [0.4, 0.5) is 0 Å². The number of hydrogen-bond donors (Lipinski definition) is 2. The lowest BCUT2D eigenvalue weighted by atomic mass is 9.97. The number of hydrogen-bond acceptors (Lipinski definition) is 7. The van der Waals surface area contributed by atoms with E-state index < -0.39 is 41.4 Å². The zero-order chi connectivity index (χ0) is 24.8. The second kappa shape index (κ2) is 9.12. The van der Waals surface area contributed by atoms with Gasteiger partial charge in [-0.2, -0.15) is 5.10 Å². The van der Waals surface area contributed by atoms with E-state index in [2.05, 4.69) is 15.4 Å². The summed E-state index contributed by atoms with van der Waals surface area (Å²) in [6.07, 6.45) is 0.0216. The van der Waals surface area contributed by atoms with Gasteiger partial charge in [0.05, 0.1) is 18.3 Å². The maximum Gasteiger partial charge on any atom is 0.328 e. The number of aromatic nitrogens is 4. The molecule has 2 aromatic rings. The highest BCUT2D eigenvalue weighted by Gasteiger charge is 2.52. The van der Waals surface area contributed by atoms with Crippen molar-refractivity contribution in [3.63, 3.8) is 0 Å². The zero-order valence-corrected chi connectivity index (χ0v) is 20.5. The number of rotatable bonds is 6. The van der Waals surface area contributed by atoms with Crippen LogP contribution in [0.25, 0.3) is 0 Å². The Morgan fingerprint density at radius 3 is 2.68 bits per heavy atom. The fourth-order valence-electron chi connectivity index (χ4n) is 4.49. The molecule has 0 unspecified atom stereocenters. The van der Waals surface area contributed by atoms with Crippen molar-refractivity contribution < 1.29 is 19.0 Å². The average Bonchev–Trinajstić information content (AvgIpc) is 3.35. The van der Waals surface area contributed by atoms with Crippen LogP contribution in [0.1, 0.15) is 68.3 Å². The van der Waals surface area contributed by atoms with Crippen molar-refractivity contribution in [1.29, 1.82) is 0 Å². The number of fused-ring (bicyclic) bond motifs is 1. The molecule has 2 aliphatic heterocycles. The second-order valence-corrected chi connectivity index (χ2v) is 9.62. The molecule has 0 aliphatic carbocycles. The van der Waals surface area contributed by atoms with Crippen LogP contribution >= 0.6 is 0 Å². The van der Waals surface area contributed by atoms with Crippen LogP contribution in [0.15, 0.2) is 21.9 Å². The first kappa shape index (κ1) is 24.4. The van der Waals surface area contributed by atoms with Gasteiger partial charge in [-0.1, -0.05) is 13.8 Å². The molecule has 4 rings (SSSR count). The number of H-pyrrole nitrogens is 1. The summed E-state index contributed by atoms with van der Waals surface area (Å²) in [7, 11) is 0. The Hall–Kier alpha value is -2.76. The van der Waals surface area contributed by atoms with Crippen molar-refractivity contribution in [3.8, 4) is 0 Å².